The van der Waals surface area contributed by atoms with Gasteiger partial charge in [-0.3, -0.25) is 9.89 Å². The molecule has 0 radical (unpaired) electrons. The molecule has 1 heterocycles. The standard InChI is InChI=1S/C18H15ClN4O3S/c1-25-15-7-6-12(9-21-23-17(24)10-20-22-18(23)27)8-16(15)26-11-13-4-2-3-5-14(13)19/h2-10H,11H2,1H3,(H,22,27)/b21-9+. The molecule has 27 heavy (non-hydrogen) atoms. The number of ether oxygens (including phenoxy) is 2. The number of H-pyrrole nitrogens is 1. The highest BCUT2D eigenvalue weighted by Gasteiger charge is 2.07. The van der Waals surface area contributed by atoms with E-state index in [1.54, 1.807) is 31.4 Å². The minimum atomic E-state index is -0.432. The number of nitrogens with one attached hydrogen (secondary N) is 1. The predicted octanol–water partition coefficient (Wildman–Crippen LogP) is 3.42. The zero-order valence-electron chi connectivity index (χ0n) is 14.3. The Kier molecular flexibility index (Phi) is 6.00. The lowest BCUT2D eigenvalue weighted by Crippen LogP contribution is -2.18. The van der Waals surface area contributed by atoms with Crippen molar-refractivity contribution >= 4 is 30.0 Å². The lowest BCUT2D eigenvalue weighted by molar-refractivity contribution is 0.284. The molecule has 0 saturated carbocycles. The van der Waals surface area contributed by atoms with Crippen LogP contribution in [0.15, 0.2) is 58.6 Å². The Labute approximate surface area is 164 Å². The Hall–Kier alpha value is -2.97. The summed E-state index contributed by atoms with van der Waals surface area (Å²) in [6.45, 7) is 0.283. The van der Waals surface area contributed by atoms with Gasteiger partial charge in [0.05, 0.1) is 13.3 Å². The van der Waals surface area contributed by atoms with E-state index in [1.165, 1.54) is 6.21 Å². The van der Waals surface area contributed by atoms with Gasteiger partial charge < -0.3 is 9.47 Å². The van der Waals surface area contributed by atoms with Gasteiger partial charge in [-0.15, -0.1) is 0 Å². The first-order valence-electron chi connectivity index (χ1n) is 7.84. The summed E-state index contributed by atoms with van der Waals surface area (Å²) in [5.41, 5.74) is 1.12. The molecule has 9 heteroatoms. The van der Waals surface area contributed by atoms with Gasteiger partial charge >= 0.3 is 0 Å². The van der Waals surface area contributed by atoms with E-state index in [0.717, 1.165) is 16.4 Å². The fourth-order valence-corrected chi connectivity index (χ4v) is 2.62. The number of benzene rings is 2. The van der Waals surface area contributed by atoms with E-state index in [0.29, 0.717) is 22.1 Å². The minimum Gasteiger partial charge on any atom is -0.493 e. The van der Waals surface area contributed by atoms with Gasteiger partial charge in [0.2, 0.25) is 4.77 Å². The van der Waals surface area contributed by atoms with Crippen molar-refractivity contribution in [1.29, 1.82) is 0 Å². The Morgan fingerprint density at radius 2 is 2.11 bits per heavy atom. The van der Waals surface area contributed by atoms with E-state index < -0.39 is 5.56 Å². The fourth-order valence-electron chi connectivity index (χ4n) is 2.24. The molecule has 0 fully saturated rings. The normalized spacial score (nSPS) is 10.9. The molecule has 0 amide bonds. The maximum Gasteiger partial charge on any atom is 0.293 e. The molecule has 0 aliphatic rings. The van der Waals surface area contributed by atoms with Crippen molar-refractivity contribution in [2.45, 2.75) is 6.61 Å². The molecule has 3 rings (SSSR count). The van der Waals surface area contributed by atoms with Crippen LogP contribution in [0.4, 0.5) is 0 Å². The van der Waals surface area contributed by atoms with Crippen LogP contribution in [0.5, 0.6) is 11.5 Å². The Morgan fingerprint density at radius 1 is 1.30 bits per heavy atom. The number of nitrogens with zero attached hydrogens (tertiary/aromatic N) is 3. The molecule has 3 aromatic rings. The van der Waals surface area contributed by atoms with Crippen LogP contribution >= 0.6 is 23.8 Å². The summed E-state index contributed by atoms with van der Waals surface area (Å²) in [6.07, 6.45) is 2.59. The number of hydrogen-bond donors (Lipinski definition) is 1. The van der Waals surface area contributed by atoms with Crippen LogP contribution in [0.3, 0.4) is 0 Å². The van der Waals surface area contributed by atoms with Crippen LogP contribution in [0.2, 0.25) is 5.02 Å². The van der Waals surface area contributed by atoms with Gasteiger partial charge in [0.15, 0.2) is 11.5 Å². The maximum absolute atomic E-state index is 11.8. The zero-order chi connectivity index (χ0) is 19.2. The van der Waals surface area contributed by atoms with Crippen molar-refractivity contribution < 1.29 is 9.47 Å². The molecule has 7 nitrogen and oxygen atoms in total. The van der Waals surface area contributed by atoms with Crippen LogP contribution in [-0.2, 0) is 6.61 Å². The molecule has 1 N–H and O–H groups in total. The molecule has 1 aromatic heterocycles. The summed E-state index contributed by atoms with van der Waals surface area (Å²) < 4.78 is 12.3. The Bertz CT molecular complexity index is 1070. The summed E-state index contributed by atoms with van der Waals surface area (Å²) in [5, 5.41) is 10.8. The van der Waals surface area contributed by atoms with E-state index in [4.69, 9.17) is 33.3 Å². The van der Waals surface area contributed by atoms with E-state index in [1.807, 2.05) is 18.2 Å². The first kappa shape index (κ1) is 18.8. The highest BCUT2D eigenvalue weighted by Crippen LogP contribution is 2.29. The van der Waals surface area contributed by atoms with Crippen LogP contribution in [-0.4, -0.2) is 28.2 Å². The van der Waals surface area contributed by atoms with Crippen molar-refractivity contribution in [2.75, 3.05) is 7.11 Å². The second-order valence-corrected chi connectivity index (χ2v) is 6.15. The average Bonchev–Trinajstić information content (AvgIpc) is 2.67. The summed E-state index contributed by atoms with van der Waals surface area (Å²) in [7, 11) is 1.56. The summed E-state index contributed by atoms with van der Waals surface area (Å²) >= 11 is 11.2. The van der Waals surface area contributed by atoms with E-state index in [9.17, 15) is 4.79 Å². The number of aromatic nitrogens is 3. The van der Waals surface area contributed by atoms with E-state index >= 15 is 0 Å². The van der Waals surface area contributed by atoms with Crippen LogP contribution in [0.25, 0.3) is 0 Å². The molecule has 2 aromatic carbocycles. The monoisotopic (exact) mass is 402 g/mol. The second kappa shape index (κ2) is 8.61. The third kappa shape index (κ3) is 4.60. The van der Waals surface area contributed by atoms with E-state index in [-0.39, 0.29) is 11.4 Å². The van der Waals surface area contributed by atoms with Crippen molar-refractivity contribution in [3.63, 3.8) is 0 Å². The van der Waals surface area contributed by atoms with Gasteiger partial charge in [0.25, 0.3) is 5.56 Å². The highest BCUT2D eigenvalue weighted by molar-refractivity contribution is 7.71. The third-order valence-electron chi connectivity index (χ3n) is 3.59. The maximum atomic E-state index is 11.8. The minimum absolute atomic E-state index is 0.0995. The van der Waals surface area contributed by atoms with E-state index in [2.05, 4.69) is 15.3 Å². The SMILES string of the molecule is COc1ccc(/C=N/n2c(=O)cn[nH]c2=S)cc1OCc1ccccc1Cl. The smallest absolute Gasteiger partial charge is 0.293 e. The van der Waals surface area contributed by atoms with Crippen LogP contribution < -0.4 is 15.0 Å². The number of hydrogen-bond acceptors (Lipinski definition) is 6. The number of rotatable bonds is 6. The number of halogens is 1. The van der Waals surface area contributed by atoms with Crippen LogP contribution in [0.1, 0.15) is 11.1 Å². The topological polar surface area (TPSA) is 81.5 Å². The molecule has 138 valence electrons. The first-order chi connectivity index (χ1) is 13.1. The molecule has 0 unspecified atom stereocenters. The molecule has 0 aliphatic carbocycles. The summed E-state index contributed by atoms with van der Waals surface area (Å²) in [5.74, 6) is 1.09. The average molecular weight is 403 g/mol. The Balaban J connectivity index is 1.85. The lowest BCUT2D eigenvalue weighted by atomic mass is 10.2. The zero-order valence-corrected chi connectivity index (χ0v) is 15.8. The quantitative estimate of drug-likeness (QED) is 0.504. The van der Waals surface area contributed by atoms with Gasteiger partial charge in [0, 0.05) is 10.6 Å². The molecular weight excluding hydrogens is 388 g/mol. The largest absolute Gasteiger partial charge is 0.493 e. The number of methoxy groups -OCH3 is 1. The van der Waals surface area contributed by atoms with Crippen LogP contribution in [0, 0.1) is 4.77 Å². The first-order valence-corrected chi connectivity index (χ1v) is 8.62. The van der Waals surface area contributed by atoms with Gasteiger partial charge in [-0.2, -0.15) is 14.9 Å². The summed E-state index contributed by atoms with van der Waals surface area (Å²) in [6, 6.07) is 12.7. The van der Waals surface area contributed by atoms with Gasteiger partial charge in [-0.05, 0) is 42.0 Å². The molecule has 0 saturated heterocycles. The molecule has 0 aliphatic heterocycles. The fraction of sp³-hybridized carbons (Fsp3) is 0.111. The Morgan fingerprint density at radius 3 is 2.85 bits per heavy atom. The van der Waals surface area contributed by atoms with Crippen molar-refractivity contribution in [3.8, 4) is 11.5 Å². The van der Waals surface area contributed by atoms with Gasteiger partial charge in [0.1, 0.15) is 12.8 Å². The van der Waals surface area contributed by atoms with Crippen molar-refractivity contribution in [3.05, 3.63) is 79.9 Å². The third-order valence-corrected chi connectivity index (χ3v) is 4.22. The lowest BCUT2D eigenvalue weighted by Gasteiger charge is -2.12. The molecular formula is C18H15ClN4O3S. The van der Waals surface area contributed by atoms with Crippen molar-refractivity contribution in [2.24, 2.45) is 5.10 Å². The second-order valence-electron chi connectivity index (χ2n) is 5.36. The van der Waals surface area contributed by atoms with Gasteiger partial charge in [-0.1, -0.05) is 29.8 Å². The van der Waals surface area contributed by atoms with Gasteiger partial charge in [-0.25, -0.2) is 0 Å². The molecule has 0 atom stereocenters. The van der Waals surface area contributed by atoms with Crippen molar-refractivity contribution in [1.82, 2.24) is 14.9 Å². The highest BCUT2D eigenvalue weighted by atomic mass is 35.5. The number of aromatic amines is 1. The molecule has 0 bridgehead atoms. The molecule has 0 spiro atoms. The predicted molar refractivity (Wildman–Crippen MR) is 105 cm³/mol. The summed E-state index contributed by atoms with van der Waals surface area (Å²) in [4.78, 5) is 11.8.